The van der Waals surface area contributed by atoms with E-state index >= 15 is 0 Å². The molecule has 0 aliphatic heterocycles. The van der Waals surface area contributed by atoms with E-state index < -0.39 is 0 Å². The van der Waals surface area contributed by atoms with E-state index in [1.807, 2.05) is 0 Å². The third-order valence-corrected chi connectivity index (χ3v) is 3.30. The highest BCUT2D eigenvalue weighted by atomic mass is 16.5. The number of nitrogens with zero attached hydrogens (tertiary/aromatic N) is 3. The summed E-state index contributed by atoms with van der Waals surface area (Å²) in [6.07, 6.45) is 2.06. The maximum Gasteiger partial charge on any atom is 0.223 e. The number of nitrogens with one attached hydrogen (secondary N) is 1. The fraction of sp³-hybridized carbons (Fsp3) is 0.333. The number of hydrogen-bond acceptors (Lipinski definition) is 4. The van der Waals surface area contributed by atoms with Crippen LogP contribution in [0.2, 0.25) is 0 Å². The first kappa shape index (κ1) is 12.9. The van der Waals surface area contributed by atoms with Crippen LogP contribution in [0.4, 0.5) is 0 Å². The van der Waals surface area contributed by atoms with Crippen molar-refractivity contribution in [3.05, 3.63) is 47.7 Å². The van der Waals surface area contributed by atoms with Gasteiger partial charge in [-0.2, -0.15) is 4.98 Å². The van der Waals surface area contributed by atoms with Crippen LogP contribution in [0.25, 0.3) is 10.9 Å². The second-order valence-electron chi connectivity index (χ2n) is 4.85. The summed E-state index contributed by atoms with van der Waals surface area (Å²) >= 11 is 0. The fourth-order valence-corrected chi connectivity index (χ4v) is 2.32. The van der Waals surface area contributed by atoms with Gasteiger partial charge in [-0.1, -0.05) is 18.1 Å². The second-order valence-corrected chi connectivity index (χ2v) is 4.85. The van der Waals surface area contributed by atoms with Crippen LogP contribution in [0, 0.1) is 6.92 Å². The molecule has 0 saturated carbocycles. The first-order valence-electron chi connectivity index (χ1n) is 6.84. The molecule has 0 saturated heterocycles. The summed E-state index contributed by atoms with van der Waals surface area (Å²) in [5.74, 6) is 1.31. The predicted octanol–water partition coefficient (Wildman–Crippen LogP) is 2.49. The first-order valence-corrected chi connectivity index (χ1v) is 6.84. The van der Waals surface area contributed by atoms with Gasteiger partial charge in [0.15, 0.2) is 5.82 Å². The lowest BCUT2D eigenvalue weighted by Crippen LogP contribution is -2.11. The Hall–Kier alpha value is -2.14. The van der Waals surface area contributed by atoms with Crippen molar-refractivity contribution in [3.63, 3.8) is 0 Å². The Bertz CT molecular complexity index is 714. The molecule has 2 aromatic heterocycles. The standard InChI is InChI=1S/C15H18N4O/c1-3-16-9-12-4-5-14-13(8-12)6-7-19(14)10-15-17-11(2)20-18-15/h4-8,16H,3,9-10H2,1-2H3. The molecule has 0 radical (unpaired) electrons. The van der Waals surface area contributed by atoms with Gasteiger partial charge in [-0.3, -0.25) is 0 Å². The maximum atomic E-state index is 5.01. The molecule has 0 atom stereocenters. The Kier molecular flexibility index (Phi) is 3.52. The summed E-state index contributed by atoms with van der Waals surface area (Å²) in [7, 11) is 0. The molecular formula is C15H18N4O. The largest absolute Gasteiger partial charge is 0.340 e. The van der Waals surface area contributed by atoms with Crippen LogP contribution in [0.15, 0.2) is 35.0 Å². The van der Waals surface area contributed by atoms with Crippen molar-refractivity contribution in [2.45, 2.75) is 26.9 Å². The SMILES string of the molecule is CCNCc1ccc2c(ccn2Cc2noc(C)n2)c1. The van der Waals surface area contributed by atoms with Crippen LogP contribution in [0.1, 0.15) is 24.2 Å². The highest BCUT2D eigenvalue weighted by Crippen LogP contribution is 2.18. The van der Waals surface area contributed by atoms with Gasteiger partial charge in [0.25, 0.3) is 0 Å². The van der Waals surface area contributed by atoms with Gasteiger partial charge >= 0.3 is 0 Å². The zero-order chi connectivity index (χ0) is 13.9. The van der Waals surface area contributed by atoms with E-state index in [0.717, 1.165) is 13.1 Å². The number of hydrogen-bond donors (Lipinski definition) is 1. The van der Waals surface area contributed by atoms with Crippen molar-refractivity contribution in [1.82, 2.24) is 20.0 Å². The highest BCUT2D eigenvalue weighted by molar-refractivity contribution is 5.80. The topological polar surface area (TPSA) is 55.9 Å². The van der Waals surface area contributed by atoms with Crippen LogP contribution in [-0.4, -0.2) is 21.3 Å². The lowest BCUT2D eigenvalue weighted by molar-refractivity contribution is 0.386. The summed E-state index contributed by atoms with van der Waals surface area (Å²) < 4.78 is 7.14. The average Bonchev–Trinajstić information content (AvgIpc) is 3.04. The number of aromatic nitrogens is 3. The smallest absolute Gasteiger partial charge is 0.223 e. The van der Waals surface area contributed by atoms with Crippen molar-refractivity contribution in [2.24, 2.45) is 0 Å². The van der Waals surface area contributed by atoms with E-state index in [1.165, 1.54) is 16.5 Å². The number of fused-ring (bicyclic) bond motifs is 1. The number of benzene rings is 1. The molecule has 1 aromatic carbocycles. The highest BCUT2D eigenvalue weighted by Gasteiger charge is 2.06. The second kappa shape index (κ2) is 5.46. The van der Waals surface area contributed by atoms with Gasteiger partial charge in [-0.05, 0) is 35.7 Å². The van der Waals surface area contributed by atoms with E-state index in [2.05, 4.69) is 57.4 Å². The third-order valence-electron chi connectivity index (χ3n) is 3.30. The van der Waals surface area contributed by atoms with E-state index in [0.29, 0.717) is 18.3 Å². The molecule has 0 unspecified atom stereocenters. The van der Waals surface area contributed by atoms with Gasteiger partial charge in [0.05, 0.1) is 6.54 Å². The van der Waals surface area contributed by atoms with Gasteiger partial charge in [-0.15, -0.1) is 0 Å². The number of aryl methyl sites for hydroxylation is 1. The minimum Gasteiger partial charge on any atom is -0.340 e. The molecule has 3 rings (SSSR count). The minimum atomic E-state index is 0.601. The number of rotatable bonds is 5. The molecule has 3 aromatic rings. The Labute approximate surface area is 117 Å². The summed E-state index contributed by atoms with van der Waals surface area (Å²) in [6, 6.07) is 8.64. The molecule has 5 heteroatoms. The van der Waals surface area contributed by atoms with Gasteiger partial charge in [0, 0.05) is 25.2 Å². The van der Waals surface area contributed by atoms with Crippen molar-refractivity contribution < 1.29 is 4.52 Å². The first-order chi connectivity index (χ1) is 9.76. The van der Waals surface area contributed by atoms with E-state index in [4.69, 9.17) is 4.52 Å². The monoisotopic (exact) mass is 270 g/mol. The van der Waals surface area contributed by atoms with E-state index in [9.17, 15) is 0 Å². The van der Waals surface area contributed by atoms with Gasteiger partial charge in [0.1, 0.15) is 0 Å². The molecule has 20 heavy (non-hydrogen) atoms. The molecule has 0 amide bonds. The fourth-order valence-electron chi connectivity index (χ4n) is 2.32. The lowest BCUT2D eigenvalue weighted by Gasteiger charge is -2.04. The van der Waals surface area contributed by atoms with Crippen LogP contribution in [-0.2, 0) is 13.1 Å². The molecule has 2 heterocycles. The normalized spacial score (nSPS) is 11.3. The maximum absolute atomic E-state index is 5.01. The van der Waals surface area contributed by atoms with Crippen LogP contribution in [0.3, 0.4) is 0 Å². The Morgan fingerprint density at radius 1 is 1.30 bits per heavy atom. The molecule has 0 fully saturated rings. The Morgan fingerprint density at radius 3 is 2.95 bits per heavy atom. The molecule has 104 valence electrons. The minimum absolute atomic E-state index is 0.601. The van der Waals surface area contributed by atoms with E-state index in [1.54, 1.807) is 6.92 Å². The van der Waals surface area contributed by atoms with E-state index in [-0.39, 0.29) is 0 Å². The molecule has 0 bridgehead atoms. The lowest BCUT2D eigenvalue weighted by atomic mass is 10.1. The summed E-state index contributed by atoms with van der Waals surface area (Å²) in [5.41, 5.74) is 2.49. The molecule has 0 aliphatic rings. The third kappa shape index (κ3) is 2.58. The zero-order valence-electron chi connectivity index (χ0n) is 11.8. The molecule has 0 aliphatic carbocycles. The predicted molar refractivity (Wildman–Crippen MR) is 77.5 cm³/mol. The quantitative estimate of drug-likeness (QED) is 0.774. The van der Waals surface area contributed by atoms with Crippen molar-refractivity contribution in [3.8, 4) is 0 Å². The van der Waals surface area contributed by atoms with Crippen molar-refractivity contribution >= 4 is 10.9 Å². The van der Waals surface area contributed by atoms with Gasteiger partial charge in [-0.25, -0.2) is 0 Å². The van der Waals surface area contributed by atoms with Gasteiger partial charge < -0.3 is 14.4 Å². The van der Waals surface area contributed by atoms with Crippen molar-refractivity contribution in [2.75, 3.05) is 6.54 Å². The van der Waals surface area contributed by atoms with Gasteiger partial charge in [0.2, 0.25) is 5.89 Å². The van der Waals surface area contributed by atoms with Crippen LogP contribution in [0.5, 0.6) is 0 Å². The van der Waals surface area contributed by atoms with Crippen LogP contribution >= 0.6 is 0 Å². The Morgan fingerprint density at radius 2 is 2.20 bits per heavy atom. The molecule has 5 nitrogen and oxygen atoms in total. The molecule has 1 N–H and O–H groups in total. The summed E-state index contributed by atoms with van der Waals surface area (Å²) in [4.78, 5) is 4.24. The average molecular weight is 270 g/mol. The van der Waals surface area contributed by atoms with Crippen LogP contribution < -0.4 is 5.32 Å². The van der Waals surface area contributed by atoms with Crippen molar-refractivity contribution in [1.29, 1.82) is 0 Å². The molecular weight excluding hydrogens is 252 g/mol. The summed E-state index contributed by atoms with van der Waals surface area (Å²) in [6.45, 7) is 6.43. The zero-order valence-corrected chi connectivity index (χ0v) is 11.8. The summed E-state index contributed by atoms with van der Waals surface area (Å²) in [5, 5.41) is 8.51. The Balaban J connectivity index is 1.85. The molecule has 0 spiro atoms.